The first-order valence-electron chi connectivity index (χ1n) is 20.8. The first-order valence-corrected chi connectivity index (χ1v) is 22.3. The Labute approximate surface area is 352 Å². The van der Waals surface area contributed by atoms with Crippen molar-refractivity contribution < 1.29 is 65.8 Å². The molecule has 0 aromatic carbocycles. The maximum atomic E-state index is 14.2. The van der Waals surface area contributed by atoms with Crippen molar-refractivity contribution in [3.05, 3.63) is 0 Å². The lowest BCUT2D eigenvalue weighted by Crippen LogP contribution is -2.51. The summed E-state index contributed by atoms with van der Waals surface area (Å²) >= 11 is 0. The zero-order valence-corrected chi connectivity index (χ0v) is 38.2. The maximum Gasteiger partial charge on any atom is 0.311 e. The Morgan fingerprint density at radius 1 is 0.763 bits per heavy atom. The van der Waals surface area contributed by atoms with E-state index >= 15 is 0 Å². The van der Waals surface area contributed by atoms with Gasteiger partial charge in [-0.3, -0.25) is 28.8 Å². The number of nitrogens with one attached hydrogen (secondary N) is 3. The van der Waals surface area contributed by atoms with Crippen LogP contribution in [0, 0.1) is 40.4 Å². The van der Waals surface area contributed by atoms with E-state index in [1.54, 1.807) is 27.7 Å². The molecule has 6 unspecified atom stereocenters. The van der Waals surface area contributed by atoms with Crippen LogP contribution in [0.4, 0.5) is 0 Å². The van der Waals surface area contributed by atoms with Gasteiger partial charge < -0.3 is 44.6 Å². The zero-order chi connectivity index (χ0) is 45.6. The molecule has 59 heavy (non-hydrogen) atoms. The number of carbonyl (C=O) groups is 6. The molecule has 0 aromatic rings. The van der Waals surface area contributed by atoms with Crippen molar-refractivity contribution in [1.82, 2.24) is 16.0 Å². The Kier molecular flexibility index (Phi) is 25.3. The molecule has 0 bridgehead atoms. The Balaban J connectivity index is 7.14. The average Bonchev–Trinajstić information content (AvgIpc) is 3.14. The van der Waals surface area contributed by atoms with E-state index in [2.05, 4.69) is 22.9 Å². The lowest BCUT2D eigenvalue weighted by molar-refractivity contribution is -0.168. The van der Waals surface area contributed by atoms with E-state index in [0.717, 1.165) is 25.7 Å². The lowest BCUT2D eigenvalue weighted by atomic mass is 9.65. The molecule has 0 saturated heterocycles. The minimum Gasteiger partial charge on any atom is -0.748 e. The number of carbonyl (C=O) groups excluding carboxylic acids is 6. The molecule has 0 aliphatic carbocycles. The van der Waals surface area contributed by atoms with E-state index in [1.165, 1.54) is 34.8 Å². The molecule has 344 valence electrons. The van der Waals surface area contributed by atoms with Crippen molar-refractivity contribution in [3.63, 3.8) is 0 Å². The number of aliphatic hydroxyl groups is 1. The number of hydrogen-bond acceptors (Lipinski definition) is 14. The molecule has 0 aromatic heterocycles. The molecule has 17 nitrogen and oxygen atoms in total. The lowest BCUT2D eigenvalue weighted by Gasteiger charge is -2.40. The summed E-state index contributed by atoms with van der Waals surface area (Å²) in [6.07, 6.45) is 2.73. The molecular formula is C41H74N3O14S-. The largest absolute Gasteiger partial charge is 0.748 e. The van der Waals surface area contributed by atoms with E-state index in [-0.39, 0.29) is 76.3 Å². The molecule has 3 amide bonds. The van der Waals surface area contributed by atoms with E-state index in [1.807, 2.05) is 6.92 Å². The SMILES string of the molecule is CCCCC(CC)COC(=O)C(CC(C)C(=O)NCNC(=O)C(C)C)CC(C)(CC(C)(CC(CC)C(=O)NC(C)(C)CS(=O)(=O)[O-])C(=O)OCCO)C(=O)OCCOC. The summed E-state index contributed by atoms with van der Waals surface area (Å²) in [5, 5.41) is 17.4. The van der Waals surface area contributed by atoms with Crippen molar-refractivity contribution >= 4 is 45.7 Å². The predicted octanol–water partition coefficient (Wildman–Crippen LogP) is 3.61. The van der Waals surface area contributed by atoms with E-state index < -0.39 is 92.9 Å². The van der Waals surface area contributed by atoms with Crippen LogP contribution in [-0.2, 0) is 57.8 Å². The van der Waals surface area contributed by atoms with Crippen molar-refractivity contribution in [2.24, 2.45) is 40.4 Å². The number of hydrogen-bond donors (Lipinski definition) is 4. The fourth-order valence-corrected chi connectivity index (χ4v) is 8.01. The normalized spacial score (nSPS) is 16.0. The number of unbranched alkanes of at least 4 members (excludes halogenated alkanes) is 1. The Bertz CT molecular complexity index is 1460. The van der Waals surface area contributed by atoms with Crippen LogP contribution in [0.3, 0.4) is 0 Å². The van der Waals surface area contributed by atoms with Gasteiger partial charge in [0.05, 0.1) is 59.1 Å². The highest BCUT2D eigenvalue weighted by molar-refractivity contribution is 7.85. The van der Waals surface area contributed by atoms with E-state index in [4.69, 9.17) is 18.9 Å². The standard InChI is InChI=1S/C41H75N3O14S/c1-12-15-16-30(13-2)24-58-36(49)32(21-29(6)34(47)43-27-42-33(46)28(4)5)23-41(10,38(51)57-20-19-55-11)25-40(9,37(50)56-18-17-45)22-31(14-3)35(48)44-39(7,8)26-59(52,53)54/h28-32,45H,12-27H2,1-11H3,(H,42,46)(H,43,47)(H,44,48)(H,52,53,54)/p-1. The van der Waals surface area contributed by atoms with Crippen LogP contribution >= 0.6 is 0 Å². The quantitative estimate of drug-likeness (QED) is 0.0256. The topological polar surface area (TPSA) is 253 Å². The molecule has 6 atom stereocenters. The molecule has 0 rings (SSSR count). The van der Waals surface area contributed by atoms with Gasteiger partial charge in [-0.25, -0.2) is 8.42 Å². The Morgan fingerprint density at radius 2 is 1.32 bits per heavy atom. The smallest absolute Gasteiger partial charge is 0.311 e. The van der Waals surface area contributed by atoms with Gasteiger partial charge in [-0.1, -0.05) is 60.8 Å². The molecule has 0 radical (unpaired) electrons. The highest BCUT2D eigenvalue weighted by Gasteiger charge is 2.50. The molecule has 0 saturated carbocycles. The second kappa shape index (κ2) is 26.8. The average molecular weight is 865 g/mol. The maximum absolute atomic E-state index is 14.2. The van der Waals surface area contributed by atoms with Gasteiger partial charge in [0.1, 0.15) is 13.2 Å². The Hall–Kier alpha value is -3.35. The van der Waals surface area contributed by atoms with Crippen LogP contribution in [0.15, 0.2) is 0 Å². The van der Waals surface area contributed by atoms with Gasteiger partial charge >= 0.3 is 17.9 Å². The summed E-state index contributed by atoms with van der Waals surface area (Å²) in [7, 11) is -3.31. The number of esters is 3. The van der Waals surface area contributed by atoms with Crippen LogP contribution in [0.25, 0.3) is 0 Å². The third-order valence-electron chi connectivity index (χ3n) is 10.3. The monoisotopic (exact) mass is 864 g/mol. The van der Waals surface area contributed by atoms with Gasteiger partial charge in [-0.05, 0) is 72.1 Å². The van der Waals surface area contributed by atoms with Crippen LogP contribution < -0.4 is 16.0 Å². The highest BCUT2D eigenvalue weighted by Crippen LogP contribution is 2.46. The summed E-state index contributed by atoms with van der Waals surface area (Å²) in [5.41, 5.74) is -4.78. The van der Waals surface area contributed by atoms with Crippen molar-refractivity contribution in [3.8, 4) is 0 Å². The number of methoxy groups -OCH3 is 1. The van der Waals surface area contributed by atoms with Gasteiger partial charge in [0.25, 0.3) is 0 Å². The molecule has 0 spiro atoms. The molecular weight excluding hydrogens is 791 g/mol. The minimum atomic E-state index is -4.72. The van der Waals surface area contributed by atoms with Crippen LogP contribution in [0.5, 0.6) is 0 Å². The van der Waals surface area contributed by atoms with Gasteiger partial charge in [0, 0.05) is 30.4 Å². The molecule has 0 aliphatic rings. The van der Waals surface area contributed by atoms with Crippen LogP contribution in [0.1, 0.15) is 127 Å². The van der Waals surface area contributed by atoms with E-state index in [9.17, 15) is 46.8 Å². The molecule has 0 aliphatic heterocycles. The molecule has 0 heterocycles. The van der Waals surface area contributed by atoms with Gasteiger partial charge in [0.2, 0.25) is 17.7 Å². The van der Waals surface area contributed by atoms with Gasteiger partial charge in [-0.15, -0.1) is 0 Å². The van der Waals surface area contributed by atoms with Gasteiger partial charge in [0.15, 0.2) is 0 Å². The first kappa shape index (κ1) is 55.7. The van der Waals surface area contributed by atoms with Crippen molar-refractivity contribution in [2.45, 2.75) is 133 Å². The number of rotatable bonds is 31. The van der Waals surface area contributed by atoms with Crippen molar-refractivity contribution in [2.75, 3.05) is 52.6 Å². The summed E-state index contributed by atoms with van der Waals surface area (Å²) < 4.78 is 56.7. The van der Waals surface area contributed by atoms with Crippen LogP contribution in [0.2, 0.25) is 0 Å². The second-order valence-corrected chi connectivity index (χ2v) is 18.6. The zero-order valence-electron chi connectivity index (χ0n) is 37.4. The molecule has 18 heteroatoms. The summed E-state index contributed by atoms with van der Waals surface area (Å²) in [6, 6.07) is 0. The molecule has 4 N–H and O–H groups in total. The summed E-state index contributed by atoms with van der Waals surface area (Å²) in [5.74, 6) is -7.65. The summed E-state index contributed by atoms with van der Waals surface area (Å²) in [4.78, 5) is 81.3. The Morgan fingerprint density at radius 3 is 1.81 bits per heavy atom. The minimum absolute atomic E-state index is 0.0385. The van der Waals surface area contributed by atoms with E-state index in [0.29, 0.717) is 0 Å². The molecule has 0 fully saturated rings. The fourth-order valence-electron chi connectivity index (χ4n) is 7.05. The highest BCUT2D eigenvalue weighted by atomic mass is 32.2. The van der Waals surface area contributed by atoms with Gasteiger partial charge in [-0.2, -0.15) is 0 Å². The number of amides is 3. The summed E-state index contributed by atoms with van der Waals surface area (Å²) in [6.45, 7) is 15.5. The third kappa shape index (κ3) is 21.6. The second-order valence-electron chi connectivity index (χ2n) is 17.2. The number of aliphatic hydroxyl groups excluding tert-OH is 1. The first-order chi connectivity index (χ1) is 27.3. The number of ether oxygens (including phenoxy) is 4. The predicted molar refractivity (Wildman–Crippen MR) is 219 cm³/mol. The van der Waals surface area contributed by atoms with Crippen LogP contribution in [-0.4, -0.2) is 112 Å². The van der Waals surface area contributed by atoms with Crippen molar-refractivity contribution in [1.29, 1.82) is 0 Å². The third-order valence-corrected chi connectivity index (χ3v) is 11.4. The fraction of sp³-hybridized carbons (Fsp3) is 0.854.